The van der Waals surface area contributed by atoms with Gasteiger partial charge >= 0.3 is 0 Å². The highest BCUT2D eigenvalue weighted by Gasteiger charge is 2.19. The molecule has 0 spiro atoms. The summed E-state index contributed by atoms with van der Waals surface area (Å²) in [5, 5.41) is 7.46. The zero-order chi connectivity index (χ0) is 21.3. The minimum atomic E-state index is -3.58. The van der Waals surface area contributed by atoms with Gasteiger partial charge in [0, 0.05) is 23.6 Å². The summed E-state index contributed by atoms with van der Waals surface area (Å²) >= 11 is 0. The first-order valence-corrected chi connectivity index (χ1v) is 11.1. The van der Waals surface area contributed by atoms with Gasteiger partial charge in [0.05, 0.1) is 16.0 Å². The molecule has 0 saturated heterocycles. The van der Waals surface area contributed by atoms with Gasteiger partial charge in [-0.3, -0.25) is 9.89 Å². The molecular formula is C23H21N3O3S. The Morgan fingerprint density at radius 2 is 1.77 bits per heavy atom. The van der Waals surface area contributed by atoms with E-state index in [0.717, 1.165) is 22.1 Å². The zero-order valence-corrected chi connectivity index (χ0v) is 17.5. The van der Waals surface area contributed by atoms with Crippen LogP contribution in [-0.2, 0) is 16.3 Å². The molecule has 7 heteroatoms. The molecule has 0 aliphatic heterocycles. The fourth-order valence-corrected chi connectivity index (χ4v) is 4.93. The number of aromatic amines is 1. The molecule has 30 heavy (non-hydrogen) atoms. The summed E-state index contributed by atoms with van der Waals surface area (Å²) in [6, 6.07) is 13.8. The number of nitrogens with one attached hydrogen (secondary N) is 1. The lowest BCUT2D eigenvalue weighted by atomic mass is 10.0. The summed E-state index contributed by atoms with van der Waals surface area (Å²) in [6.45, 7) is 3.73. The third kappa shape index (κ3) is 3.89. The van der Waals surface area contributed by atoms with Gasteiger partial charge in [-0.25, -0.2) is 13.4 Å². The first-order chi connectivity index (χ1) is 14.3. The number of rotatable bonds is 6. The van der Waals surface area contributed by atoms with Gasteiger partial charge in [-0.15, -0.1) is 0 Å². The summed E-state index contributed by atoms with van der Waals surface area (Å²) in [6.07, 6.45) is 4.01. The Morgan fingerprint density at radius 3 is 2.50 bits per heavy atom. The number of carbonyl (C=O) groups is 1. The molecule has 2 aromatic heterocycles. The lowest BCUT2D eigenvalue weighted by Gasteiger charge is -2.09. The smallest absolute Gasteiger partial charge is 0.206 e. The van der Waals surface area contributed by atoms with Crippen LogP contribution in [0.2, 0.25) is 0 Å². The Bertz CT molecular complexity index is 1340. The van der Waals surface area contributed by atoms with E-state index in [-0.39, 0.29) is 10.7 Å². The molecule has 0 fully saturated rings. The summed E-state index contributed by atoms with van der Waals surface area (Å²) in [4.78, 5) is 17.3. The number of Topliss-reactive ketones (excluding diaryl/α,β-unsaturated/α-hetero) is 1. The quantitative estimate of drug-likeness (QED) is 0.472. The number of fused-ring (bicyclic) bond motifs is 1. The normalized spacial score (nSPS) is 11.7. The molecule has 0 aliphatic carbocycles. The van der Waals surface area contributed by atoms with Crippen molar-refractivity contribution in [3.05, 3.63) is 83.2 Å². The van der Waals surface area contributed by atoms with Crippen molar-refractivity contribution in [3.8, 4) is 0 Å². The topological polar surface area (TPSA) is 92.8 Å². The largest absolute Gasteiger partial charge is 0.294 e. The third-order valence-electron chi connectivity index (χ3n) is 5.11. The molecule has 0 saturated carbocycles. The molecule has 6 nitrogen and oxygen atoms in total. The van der Waals surface area contributed by atoms with E-state index in [1.165, 1.54) is 0 Å². The molecule has 0 atom stereocenters. The van der Waals surface area contributed by atoms with Gasteiger partial charge in [-0.1, -0.05) is 29.8 Å². The first-order valence-electron chi connectivity index (χ1n) is 9.58. The highest BCUT2D eigenvalue weighted by molar-refractivity contribution is 7.91. The van der Waals surface area contributed by atoms with Crippen molar-refractivity contribution in [2.24, 2.45) is 0 Å². The number of H-pyrrole nitrogens is 1. The van der Waals surface area contributed by atoms with Crippen LogP contribution in [0, 0.1) is 13.8 Å². The minimum Gasteiger partial charge on any atom is -0.294 e. The molecule has 0 aliphatic rings. The minimum absolute atomic E-state index is 0.0161. The van der Waals surface area contributed by atoms with Gasteiger partial charge in [0.15, 0.2) is 11.4 Å². The number of hydrogen-bond acceptors (Lipinski definition) is 5. The van der Waals surface area contributed by atoms with Crippen LogP contribution in [0.3, 0.4) is 0 Å². The third-order valence-corrected chi connectivity index (χ3v) is 7.04. The second kappa shape index (κ2) is 7.84. The average Bonchev–Trinajstić information content (AvgIpc) is 3.20. The number of pyridine rings is 1. The van der Waals surface area contributed by atoms with Crippen LogP contribution in [0.25, 0.3) is 11.0 Å². The Morgan fingerprint density at radius 1 is 1.00 bits per heavy atom. The average molecular weight is 420 g/mol. The summed E-state index contributed by atoms with van der Waals surface area (Å²) in [5.41, 5.74) is 3.84. The molecule has 0 amide bonds. The van der Waals surface area contributed by atoms with E-state index in [1.54, 1.807) is 61.8 Å². The number of ketones is 1. The van der Waals surface area contributed by atoms with Crippen molar-refractivity contribution < 1.29 is 13.2 Å². The number of aryl methyl sites for hydroxylation is 3. The SMILES string of the molecule is Cc1ccc(S(=O)(=O)c2ccc(CCC(=O)c3cnc4[nH]ncc4c3)cc2)c(C)c1. The molecule has 0 unspecified atom stereocenters. The van der Waals surface area contributed by atoms with Gasteiger partial charge in [-0.2, -0.15) is 5.10 Å². The Labute approximate surface area is 174 Å². The highest BCUT2D eigenvalue weighted by atomic mass is 32.2. The van der Waals surface area contributed by atoms with E-state index in [9.17, 15) is 13.2 Å². The molecule has 4 aromatic rings. The lowest BCUT2D eigenvalue weighted by Crippen LogP contribution is -2.05. The summed E-state index contributed by atoms with van der Waals surface area (Å²) in [7, 11) is -3.58. The van der Waals surface area contributed by atoms with E-state index in [4.69, 9.17) is 0 Å². The fourth-order valence-electron chi connectivity index (χ4n) is 3.45. The molecule has 2 aromatic carbocycles. The van der Waals surface area contributed by atoms with Crippen molar-refractivity contribution >= 4 is 26.7 Å². The summed E-state index contributed by atoms with van der Waals surface area (Å²) in [5.74, 6) is -0.0161. The van der Waals surface area contributed by atoms with Gasteiger partial charge < -0.3 is 0 Å². The second-order valence-electron chi connectivity index (χ2n) is 7.37. The van der Waals surface area contributed by atoms with Gasteiger partial charge in [0.1, 0.15) is 0 Å². The predicted molar refractivity (Wildman–Crippen MR) is 114 cm³/mol. The maximum Gasteiger partial charge on any atom is 0.206 e. The van der Waals surface area contributed by atoms with E-state index >= 15 is 0 Å². The van der Waals surface area contributed by atoms with Gasteiger partial charge in [0.2, 0.25) is 9.84 Å². The predicted octanol–water partition coefficient (Wildman–Crippen LogP) is 4.22. The van der Waals surface area contributed by atoms with Crippen LogP contribution in [0.5, 0.6) is 0 Å². The monoisotopic (exact) mass is 419 g/mol. The standard InChI is InChI=1S/C23H21N3O3S/c1-15-3-10-22(16(2)11-15)30(28,29)20-7-4-17(5-8-20)6-9-21(27)18-12-19-14-25-26-23(19)24-13-18/h3-5,7-8,10-14H,6,9H2,1-2H3,(H,24,25,26). The Kier molecular flexibility index (Phi) is 5.22. The van der Waals surface area contributed by atoms with Crippen LogP contribution in [0.15, 0.2) is 70.7 Å². The first kappa shape index (κ1) is 20.0. The molecule has 1 N–H and O–H groups in total. The molecule has 0 radical (unpaired) electrons. The number of sulfone groups is 1. The maximum atomic E-state index is 12.9. The van der Waals surface area contributed by atoms with Crippen molar-refractivity contribution in [2.45, 2.75) is 36.5 Å². The molecule has 2 heterocycles. The van der Waals surface area contributed by atoms with Crippen molar-refractivity contribution in [2.75, 3.05) is 0 Å². The maximum absolute atomic E-state index is 12.9. The van der Waals surface area contributed by atoms with E-state index in [0.29, 0.717) is 28.9 Å². The number of nitrogens with zero attached hydrogens (tertiary/aromatic N) is 2. The number of hydrogen-bond donors (Lipinski definition) is 1. The fraction of sp³-hybridized carbons (Fsp3) is 0.174. The second-order valence-corrected chi connectivity index (χ2v) is 9.29. The molecular weight excluding hydrogens is 398 g/mol. The van der Waals surface area contributed by atoms with Crippen molar-refractivity contribution in [3.63, 3.8) is 0 Å². The number of carbonyl (C=O) groups excluding carboxylic acids is 1. The van der Waals surface area contributed by atoms with Crippen molar-refractivity contribution in [1.29, 1.82) is 0 Å². The van der Waals surface area contributed by atoms with Gasteiger partial charge in [0.25, 0.3) is 0 Å². The lowest BCUT2D eigenvalue weighted by molar-refractivity contribution is 0.0982. The van der Waals surface area contributed by atoms with Crippen LogP contribution < -0.4 is 0 Å². The Hall–Kier alpha value is -3.32. The van der Waals surface area contributed by atoms with E-state index in [1.807, 2.05) is 13.0 Å². The van der Waals surface area contributed by atoms with Crippen LogP contribution in [0.4, 0.5) is 0 Å². The summed E-state index contributed by atoms with van der Waals surface area (Å²) < 4.78 is 25.9. The molecule has 0 bridgehead atoms. The van der Waals surface area contributed by atoms with Crippen LogP contribution in [-0.4, -0.2) is 29.4 Å². The molecule has 152 valence electrons. The van der Waals surface area contributed by atoms with Crippen LogP contribution >= 0.6 is 0 Å². The van der Waals surface area contributed by atoms with E-state index in [2.05, 4.69) is 15.2 Å². The van der Waals surface area contributed by atoms with Gasteiger partial charge in [-0.05, 0) is 55.7 Å². The van der Waals surface area contributed by atoms with Crippen molar-refractivity contribution in [1.82, 2.24) is 15.2 Å². The molecule has 4 rings (SSSR count). The number of benzene rings is 2. The Balaban J connectivity index is 1.47. The van der Waals surface area contributed by atoms with Crippen LogP contribution in [0.1, 0.15) is 33.5 Å². The number of aromatic nitrogens is 3. The highest BCUT2D eigenvalue weighted by Crippen LogP contribution is 2.25. The van der Waals surface area contributed by atoms with E-state index < -0.39 is 9.84 Å². The zero-order valence-electron chi connectivity index (χ0n) is 16.7.